The maximum absolute atomic E-state index is 12.9. The molecule has 0 aliphatic carbocycles. The van der Waals surface area contributed by atoms with Gasteiger partial charge in [-0.3, -0.25) is 19.6 Å². The van der Waals surface area contributed by atoms with E-state index in [1.54, 1.807) is 45.0 Å². The fourth-order valence-electron chi connectivity index (χ4n) is 3.82. The molecule has 0 aliphatic heterocycles. The standard InChI is InChI=1S/C27H21N5O2/c1-31-16-18(14-28-20-9-5-3-6-10-20)24-22(26(31)33)13-23-25(30-24)19(17-32(2)27(23)34)15-29-21-11-7-4-8-12-21/h3-17H,1-2H3. The molecule has 3 aromatic heterocycles. The minimum absolute atomic E-state index is 0.230. The Morgan fingerprint density at radius 2 is 1.09 bits per heavy atom. The molecule has 3 heterocycles. The summed E-state index contributed by atoms with van der Waals surface area (Å²) in [5.41, 5.74) is 3.43. The molecule has 5 aromatic rings. The number of hydrogen-bond donors (Lipinski definition) is 0. The fraction of sp³-hybridized carbons (Fsp3) is 0.0741. The maximum Gasteiger partial charge on any atom is 0.259 e. The highest BCUT2D eigenvalue weighted by Crippen LogP contribution is 2.21. The van der Waals surface area contributed by atoms with Crippen LogP contribution in [0, 0.1) is 0 Å². The average molecular weight is 447 g/mol. The third-order valence-corrected chi connectivity index (χ3v) is 5.55. The Labute approximate surface area is 195 Å². The summed E-state index contributed by atoms with van der Waals surface area (Å²) in [6.45, 7) is 0. The number of para-hydroxylation sites is 2. The molecule has 0 bridgehead atoms. The van der Waals surface area contributed by atoms with E-state index in [1.807, 2.05) is 60.7 Å². The van der Waals surface area contributed by atoms with Crippen LogP contribution in [-0.2, 0) is 14.1 Å². The van der Waals surface area contributed by atoms with Gasteiger partial charge < -0.3 is 9.13 Å². The number of hydrogen-bond acceptors (Lipinski definition) is 5. The highest BCUT2D eigenvalue weighted by atomic mass is 16.1. The first kappa shape index (κ1) is 21.2. The Balaban J connectivity index is 1.76. The van der Waals surface area contributed by atoms with Crippen LogP contribution in [0.3, 0.4) is 0 Å². The smallest absolute Gasteiger partial charge is 0.259 e. The molecule has 34 heavy (non-hydrogen) atoms. The van der Waals surface area contributed by atoms with Crippen LogP contribution in [-0.4, -0.2) is 26.5 Å². The van der Waals surface area contributed by atoms with E-state index in [0.29, 0.717) is 32.9 Å². The maximum atomic E-state index is 12.9. The first-order chi connectivity index (χ1) is 16.5. The zero-order valence-corrected chi connectivity index (χ0v) is 18.7. The summed E-state index contributed by atoms with van der Waals surface area (Å²) in [6.07, 6.45) is 6.78. The molecule has 0 unspecified atom stereocenters. The number of aliphatic imine (C=N–C) groups is 2. The van der Waals surface area contributed by atoms with Gasteiger partial charge >= 0.3 is 0 Å². The Kier molecular flexibility index (Phi) is 5.43. The van der Waals surface area contributed by atoms with E-state index in [1.165, 1.54) is 9.13 Å². The molecule has 7 heteroatoms. The zero-order valence-electron chi connectivity index (χ0n) is 18.7. The molecule has 0 radical (unpaired) electrons. The van der Waals surface area contributed by atoms with E-state index in [9.17, 15) is 9.59 Å². The zero-order chi connectivity index (χ0) is 23.7. The van der Waals surface area contributed by atoms with E-state index in [2.05, 4.69) is 9.98 Å². The second kappa shape index (κ2) is 8.71. The summed E-state index contributed by atoms with van der Waals surface area (Å²) in [7, 11) is 3.35. The van der Waals surface area contributed by atoms with Gasteiger partial charge in [0.25, 0.3) is 11.1 Å². The van der Waals surface area contributed by atoms with Gasteiger partial charge in [-0.2, -0.15) is 0 Å². The molecular weight excluding hydrogens is 426 g/mol. The van der Waals surface area contributed by atoms with Crippen molar-refractivity contribution in [1.82, 2.24) is 14.1 Å². The molecule has 0 fully saturated rings. The van der Waals surface area contributed by atoms with Crippen molar-refractivity contribution in [1.29, 1.82) is 0 Å². The number of aromatic nitrogens is 3. The van der Waals surface area contributed by atoms with Crippen molar-refractivity contribution < 1.29 is 0 Å². The van der Waals surface area contributed by atoms with Gasteiger partial charge in [0.15, 0.2) is 0 Å². The number of rotatable bonds is 4. The molecule has 7 nitrogen and oxygen atoms in total. The quantitative estimate of drug-likeness (QED) is 0.304. The Morgan fingerprint density at radius 3 is 1.50 bits per heavy atom. The van der Waals surface area contributed by atoms with Crippen LogP contribution in [0.1, 0.15) is 11.1 Å². The van der Waals surface area contributed by atoms with E-state index >= 15 is 0 Å². The van der Waals surface area contributed by atoms with Crippen LogP contribution in [0.25, 0.3) is 21.8 Å². The molecular formula is C27H21N5O2. The monoisotopic (exact) mass is 447 g/mol. The van der Waals surface area contributed by atoms with Crippen molar-refractivity contribution in [2.24, 2.45) is 24.1 Å². The lowest BCUT2D eigenvalue weighted by atomic mass is 10.1. The number of pyridine rings is 3. The van der Waals surface area contributed by atoms with Crippen molar-refractivity contribution >= 4 is 45.6 Å². The summed E-state index contributed by atoms with van der Waals surface area (Å²) in [5, 5.41) is 0.725. The van der Waals surface area contributed by atoms with Crippen molar-refractivity contribution in [3.05, 3.63) is 111 Å². The van der Waals surface area contributed by atoms with Crippen molar-refractivity contribution in [2.45, 2.75) is 0 Å². The highest BCUT2D eigenvalue weighted by Gasteiger charge is 2.14. The molecule has 0 atom stereocenters. The second-order valence-corrected chi connectivity index (χ2v) is 7.97. The van der Waals surface area contributed by atoms with E-state index in [-0.39, 0.29) is 11.1 Å². The predicted molar refractivity (Wildman–Crippen MR) is 137 cm³/mol. The predicted octanol–water partition coefficient (Wildman–Crippen LogP) is 4.29. The lowest BCUT2D eigenvalue weighted by molar-refractivity contribution is 0.866. The number of nitrogens with zero attached hydrogens (tertiary/aromatic N) is 5. The molecule has 5 rings (SSSR count). The van der Waals surface area contributed by atoms with Gasteiger partial charge in [-0.1, -0.05) is 36.4 Å². The third-order valence-electron chi connectivity index (χ3n) is 5.55. The summed E-state index contributed by atoms with van der Waals surface area (Å²) in [5.74, 6) is 0. The van der Waals surface area contributed by atoms with Crippen LogP contribution < -0.4 is 11.1 Å². The molecule has 0 aliphatic rings. The Bertz CT molecular complexity index is 1570. The Hall–Kier alpha value is -4.65. The van der Waals surface area contributed by atoms with Gasteiger partial charge in [-0.15, -0.1) is 0 Å². The van der Waals surface area contributed by atoms with Crippen LogP contribution in [0.5, 0.6) is 0 Å². The Morgan fingerprint density at radius 1 is 0.676 bits per heavy atom. The minimum atomic E-state index is -0.230. The van der Waals surface area contributed by atoms with Crippen LogP contribution >= 0.6 is 0 Å². The van der Waals surface area contributed by atoms with Crippen molar-refractivity contribution in [3.63, 3.8) is 0 Å². The van der Waals surface area contributed by atoms with Gasteiger partial charge in [0.05, 0.1) is 33.2 Å². The molecule has 0 saturated heterocycles. The highest BCUT2D eigenvalue weighted by molar-refractivity contribution is 6.05. The largest absolute Gasteiger partial charge is 0.317 e. The molecule has 0 N–H and O–H groups in total. The van der Waals surface area contributed by atoms with Crippen LogP contribution in [0.2, 0.25) is 0 Å². The van der Waals surface area contributed by atoms with Gasteiger partial charge in [-0.05, 0) is 30.3 Å². The normalized spacial score (nSPS) is 11.8. The average Bonchev–Trinajstić information content (AvgIpc) is 2.87. The summed E-state index contributed by atoms with van der Waals surface area (Å²) in [6, 6.07) is 20.7. The first-order valence-corrected chi connectivity index (χ1v) is 10.7. The van der Waals surface area contributed by atoms with Crippen molar-refractivity contribution in [3.8, 4) is 0 Å². The second-order valence-electron chi connectivity index (χ2n) is 7.97. The van der Waals surface area contributed by atoms with Gasteiger partial charge in [0, 0.05) is 50.0 Å². The molecule has 0 saturated carbocycles. The number of aryl methyl sites for hydroxylation is 2. The number of benzene rings is 2. The van der Waals surface area contributed by atoms with E-state index in [4.69, 9.17) is 4.98 Å². The third kappa shape index (κ3) is 3.95. The summed E-state index contributed by atoms with van der Waals surface area (Å²) in [4.78, 5) is 39.7. The van der Waals surface area contributed by atoms with Gasteiger partial charge in [0.1, 0.15) is 0 Å². The molecule has 2 aromatic carbocycles. The lowest BCUT2D eigenvalue weighted by Crippen LogP contribution is -2.21. The van der Waals surface area contributed by atoms with Gasteiger partial charge in [-0.25, -0.2) is 4.98 Å². The lowest BCUT2D eigenvalue weighted by Gasteiger charge is -2.10. The molecule has 0 amide bonds. The summed E-state index contributed by atoms with van der Waals surface area (Å²) < 4.78 is 2.96. The van der Waals surface area contributed by atoms with Crippen LogP contribution in [0.15, 0.2) is 98.7 Å². The first-order valence-electron chi connectivity index (χ1n) is 10.7. The topological polar surface area (TPSA) is 81.6 Å². The van der Waals surface area contributed by atoms with Gasteiger partial charge in [0.2, 0.25) is 0 Å². The van der Waals surface area contributed by atoms with E-state index < -0.39 is 0 Å². The summed E-state index contributed by atoms with van der Waals surface area (Å²) >= 11 is 0. The molecule has 0 spiro atoms. The number of fused-ring (bicyclic) bond motifs is 2. The fourth-order valence-corrected chi connectivity index (χ4v) is 3.82. The van der Waals surface area contributed by atoms with Crippen LogP contribution in [0.4, 0.5) is 11.4 Å². The van der Waals surface area contributed by atoms with Crippen molar-refractivity contribution in [2.75, 3.05) is 0 Å². The molecule has 166 valence electrons. The SMILES string of the molecule is Cn1cc(C=Nc2ccccc2)c2nc3c(C=Nc4ccccc4)cn(C)c(=O)c3cc2c1=O. The minimum Gasteiger partial charge on any atom is -0.317 e. The van der Waals surface area contributed by atoms with E-state index in [0.717, 1.165) is 11.4 Å².